The van der Waals surface area contributed by atoms with Crippen LogP contribution in [-0.4, -0.2) is 4.98 Å². The summed E-state index contributed by atoms with van der Waals surface area (Å²) in [5.41, 5.74) is 0.558. The highest BCUT2D eigenvalue weighted by Gasteiger charge is 2.11. The third kappa shape index (κ3) is 1.67. The van der Waals surface area contributed by atoms with Gasteiger partial charge < -0.3 is 4.42 Å². The number of furan rings is 1. The maximum absolute atomic E-state index is 6.11. The Bertz CT molecular complexity index is 647. The van der Waals surface area contributed by atoms with Gasteiger partial charge in [0.25, 0.3) is 0 Å². The summed E-state index contributed by atoms with van der Waals surface area (Å²) in [6.07, 6.45) is 0. The van der Waals surface area contributed by atoms with Crippen molar-refractivity contribution in [3.8, 4) is 10.6 Å². The van der Waals surface area contributed by atoms with Crippen molar-refractivity contribution in [3.05, 3.63) is 39.3 Å². The lowest BCUT2D eigenvalue weighted by atomic mass is 10.3. The Morgan fingerprint density at radius 2 is 2.25 bits per heavy atom. The van der Waals surface area contributed by atoms with E-state index in [0.717, 1.165) is 16.0 Å². The minimum Gasteiger partial charge on any atom is -0.437 e. The van der Waals surface area contributed by atoms with Crippen LogP contribution in [0.15, 0.2) is 38.7 Å². The Balaban J connectivity index is 2.27. The fourth-order valence-electron chi connectivity index (χ4n) is 1.49. The molecule has 0 aromatic carbocycles. The minimum absolute atomic E-state index is 0.558. The molecule has 2 nitrogen and oxygen atoms in total. The fraction of sp³-hybridized carbons (Fsp3) is 0. The van der Waals surface area contributed by atoms with Gasteiger partial charge in [0, 0.05) is 0 Å². The van der Waals surface area contributed by atoms with Gasteiger partial charge in [0.1, 0.15) is 10.4 Å². The van der Waals surface area contributed by atoms with E-state index in [-0.39, 0.29) is 0 Å². The van der Waals surface area contributed by atoms with Crippen molar-refractivity contribution in [2.75, 3.05) is 0 Å². The molecule has 0 unspecified atom stereocenters. The van der Waals surface area contributed by atoms with Gasteiger partial charge in [-0.3, -0.25) is 0 Å². The first kappa shape index (κ1) is 10.3. The zero-order valence-corrected chi connectivity index (χ0v) is 11.1. The molecule has 0 N–H and O–H groups in total. The highest BCUT2D eigenvalue weighted by molar-refractivity contribution is 9.10. The molecule has 0 spiro atoms. The molecule has 0 saturated carbocycles. The van der Waals surface area contributed by atoms with Gasteiger partial charge in [-0.15, -0.1) is 11.3 Å². The zero-order chi connectivity index (χ0) is 11.1. The molecule has 0 aliphatic heterocycles. The Hall–Kier alpha value is -0.840. The summed E-state index contributed by atoms with van der Waals surface area (Å²) in [6.45, 7) is 0. The summed E-state index contributed by atoms with van der Waals surface area (Å²) < 4.78 is 6.34. The Kier molecular flexibility index (Phi) is 2.50. The first-order chi connectivity index (χ1) is 7.74. The number of fused-ring (bicyclic) bond motifs is 1. The van der Waals surface area contributed by atoms with Gasteiger partial charge in [-0.2, -0.15) is 0 Å². The van der Waals surface area contributed by atoms with Crippen LogP contribution >= 0.6 is 38.9 Å². The Morgan fingerprint density at radius 1 is 1.38 bits per heavy atom. The lowest BCUT2D eigenvalue weighted by molar-refractivity contribution is 0.619. The van der Waals surface area contributed by atoms with Crippen molar-refractivity contribution >= 4 is 50.0 Å². The lowest BCUT2D eigenvalue weighted by Crippen LogP contribution is -1.75. The molecule has 3 heterocycles. The summed E-state index contributed by atoms with van der Waals surface area (Å²) in [4.78, 5) is 5.31. The van der Waals surface area contributed by atoms with Crippen LogP contribution in [0.3, 0.4) is 0 Å². The maximum Gasteiger partial charge on any atom is 0.229 e. The molecule has 0 aliphatic carbocycles. The van der Waals surface area contributed by atoms with E-state index < -0.39 is 0 Å². The predicted octanol–water partition coefficient (Wildman–Crippen LogP) is 4.97. The van der Waals surface area contributed by atoms with Gasteiger partial charge in [0.2, 0.25) is 5.71 Å². The standard InChI is InChI=1S/C11H5BrClNOS/c12-10-5-7(13)6-4-8(15-11(6)14-10)9-2-1-3-16-9/h1-5H. The van der Waals surface area contributed by atoms with Gasteiger partial charge in [-0.1, -0.05) is 17.7 Å². The van der Waals surface area contributed by atoms with Crippen molar-refractivity contribution < 1.29 is 4.42 Å². The zero-order valence-electron chi connectivity index (χ0n) is 7.91. The number of aromatic nitrogens is 1. The van der Waals surface area contributed by atoms with Crippen LogP contribution in [0.5, 0.6) is 0 Å². The van der Waals surface area contributed by atoms with Gasteiger partial charge in [0.05, 0.1) is 15.3 Å². The highest BCUT2D eigenvalue weighted by atomic mass is 79.9. The molecular formula is C11H5BrClNOS. The van der Waals surface area contributed by atoms with Crippen LogP contribution < -0.4 is 0 Å². The Morgan fingerprint density at radius 3 is 3.00 bits per heavy atom. The number of rotatable bonds is 1. The molecule has 0 atom stereocenters. The SMILES string of the molecule is Clc1cc(Br)nc2oc(-c3cccs3)cc12. The number of thiophene rings is 1. The van der Waals surface area contributed by atoms with Crippen molar-refractivity contribution in [3.63, 3.8) is 0 Å². The molecule has 0 fully saturated rings. The average Bonchev–Trinajstić information content (AvgIpc) is 2.82. The van der Waals surface area contributed by atoms with Crippen LogP contribution in [-0.2, 0) is 0 Å². The first-order valence-corrected chi connectivity index (χ1v) is 6.58. The molecule has 5 heteroatoms. The summed E-state index contributed by atoms with van der Waals surface area (Å²) in [6, 6.07) is 7.67. The van der Waals surface area contributed by atoms with E-state index in [2.05, 4.69) is 20.9 Å². The summed E-state index contributed by atoms with van der Waals surface area (Å²) in [5, 5.41) is 3.49. The normalized spacial score (nSPS) is 11.1. The smallest absolute Gasteiger partial charge is 0.229 e. The molecule has 0 amide bonds. The van der Waals surface area contributed by atoms with Crippen LogP contribution in [0.25, 0.3) is 21.7 Å². The summed E-state index contributed by atoms with van der Waals surface area (Å²) >= 11 is 11.0. The van der Waals surface area contributed by atoms with Gasteiger partial charge in [-0.05, 0) is 39.5 Å². The number of nitrogens with zero attached hydrogens (tertiary/aromatic N) is 1. The van der Waals surface area contributed by atoms with Crippen molar-refractivity contribution in [1.82, 2.24) is 4.98 Å². The van der Waals surface area contributed by atoms with Gasteiger partial charge in [-0.25, -0.2) is 4.98 Å². The van der Waals surface area contributed by atoms with E-state index in [1.807, 2.05) is 23.6 Å². The molecule has 0 radical (unpaired) electrons. The first-order valence-electron chi connectivity index (χ1n) is 4.53. The molecule has 0 bridgehead atoms. The van der Waals surface area contributed by atoms with Gasteiger partial charge in [0.15, 0.2) is 0 Å². The largest absolute Gasteiger partial charge is 0.437 e. The molecule has 3 rings (SSSR count). The van der Waals surface area contributed by atoms with Crippen LogP contribution in [0, 0.1) is 0 Å². The molecule has 16 heavy (non-hydrogen) atoms. The second-order valence-corrected chi connectivity index (χ2v) is 5.40. The average molecular weight is 315 g/mol. The molecule has 0 aliphatic rings. The molecule has 3 aromatic rings. The van der Waals surface area contributed by atoms with Crippen LogP contribution in [0.1, 0.15) is 0 Å². The number of hydrogen-bond acceptors (Lipinski definition) is 3. The minimum atomic E-state index is 0.558. The van der Waals surface area contributed by atoms with Crippen molar-refractivity contribution in [1.29, 1.82) is 0 Å². The maximum atomic E-state index is 6.11. The van der Waals surface area contributed by atoms with E-state index in [9.17, 15) is 0 Å². The molecular weight excluding hydrogens is 310 g/mol. The molecule has 80 valence electrons. The fourth-order valence-corrected chi connectivity index (χ4v) is 2.93. The van der Waals surface area contributed by atoms with E-state index >= 15 is 0 Å². The third-order valence-corrected chi connectivity index (χ3v) is 3.79. The van der Waals surface area contributed by atoms with E-state index in [1.54, 1.807) is 17.4 Å². The number of halogens is 2. The van der Waals surface area contributed by atoms with Crippen molar-refractivity contribution in [2.24, 2.45) is 0 Å². The predicted molar refractivity (Wildman–Crippen MR) is 70.0 cm³/mol. The number of hydrogen-bond donors (Lipinski definition) is 0. The lowest BCUT2D eigenvalue weighted by Gasteiger charge is -1.92. The van der Waals surface area contributed by atoms with Crippen LogP contribution in [0.2, 0.25) is 5.02 Å². The number of pyridine rings is 1. The second-order valence-electron chi connectivity index (χ2n) is 3.23. The van der Waals surface area contributed by atoms with Crippen LogP contribution in [0.4, 0.5) is 0 Å². The van der Waals surface area contributed by atoms with Gasteiger partial charge >= 0.3 is 0 Å². The third-order valence-electron chi connectivity index (χ3n) is 2.19. The van der Waals surface area contributed by atoms with Crippen molar-refractivity contribution in [2.45, 2.75) is 0 Å². The topological polar surface area (TPSA) is 26.0 Å². The monoisotopic (exact) mass is 313 g/mol. The molecule has 0 saturated heterocycles. The van der Waals surface area contributed by atoms with E-state index in [4.69, 9.17) is 16.0 Å². The Labute approximate surface area is 109 Å². The molecule has 3 aromatic heterocycles. The highest BCUT2D eigenvalue weighted by Crippen LogP contribution is 2.34. The van der Waals surface area contributed by atoms with E-state index in [1.165, 1.54) is 0 Å². The summed E-state index contributed by atoms with van der Waals surface area (Å²) in [7, 11) is 0. The summed E-state index contributed by atoms with van der Waals surface area (Å²) in [5.74, 6) is 0.803. The second kappa shape index (κ2) is 3.87. The van der Waals surface area contributed by atoms with E-state index in [0.29, 0.717) is 15.3 Å². The quantitative estimate of drug-likeness (QED) is 0.593.